The highest BCUT2D eigenvalue weighted by Crippen LogP contribution is 2.36. The summed E-state index contributed by atoms with van der Waals surface area (Å²) in [7, 11) is 0. The van der Waals surface area contributed by atoms with Crippen LogP contribution in [-0.4, -0.2) is 33.9 Å². The summed E-state index contributed by atoms with van der Waals surface area (Å²) in [6, 6.07) is 3.35. The Bertz CT molecular complexity index is 1020. The number of nitrogens with zero attached hydrogens (tertiary/aromatic N) is 2. The topological polar surface area (TPSA) is 96.3 Å². The fourth-order valence-corrected chi connectivity index (χ4v) is 4.16. The van der Waals surface area contributed by atoms with Crippen LogP contribution in [0.1, 0.15) is 77.1 Å². The van der Waals surface area contributed by atoms with Crippen LogP contribution in [0.3, 0.4) is 0 Å². The predicted octanol–water partition coefficient (Wildman–Crippen LogP) is 2.63. The third-order valence-corrected chi connectivity index (χ3v) is 5.90. The number of likely N-dealkylation sites (tertiary alicyclic amines) is 1. The van der Waals surface area contributed by atoms with E-state index in [9.17, 15) is 14.4 Å². The van der Waals surface area contributed by atoms with Crippen molar-refractivity contribution < 1.29 is 9.21 Å². The molecule has 0 radical (unpaired) electrons. The van der Waals surface area contributed by atoms with E-state index >= 15 is 0 Å². The summed E-state index contributed by atoms with van der Waals surface area (Å²) >= 11 is 0. The summed E-state index contributed by atoms with van der Waals surface area (Å²) in [6.07, 6.45) is 4.87. The van der Waals surface area contributed by atoms with Crippen molar-refractivity contribution in [3.05, 3.63) is 61.3 Å². The van der Waals surface area contributed by atoms with Crippen molar-refractivity contribution in [3.63, 3.8) is 0 Å². The molecule has 0 bridgehead atoms. The summed E-state index contributed by atoms with van der Waals surface area (Å²) in [5.74, 6) is 1.26. The Kier molecular flexibility index (Phi) is 4.91. The fourth-order valence-electron chi connectivity index (χ4n) is 4.16. The first kappa shape index (κ1) is 18.7. The van der Waals surface area contributed by atoms with Gasteiger partial charge in [-0.15, -0.1) is 0 Å². The molecular formula is C21H25N3O4. The highest BCUT2D eigenvalue weighted by atomic mass is 16.4. The van der Waals surface area contributed by atoms with Crippen molar-refractivity contribution in [2.45, 2.75) is 57.8 Å². The van der Waals surface area contributed by atoms with Gasteiger partial charge >= 0.3 is 5.63 Å². The van der Waals surface area contributed by atoms with Crippen molar-refractivity contribution in [2.24, 2.45) is 0 Å². The molecule has 1 amide bonds. The average molecular weight is 383 g/mol. The molecule has 2 aliphatic rings. The van der Waals surface area contributed by atoms with Crippen LogP contribution in [0.2, 0.25) is 0 Å². The van der Waals surface area contributed by atoms with Crippen LogP contribution in [-0.2, 0) is 0 Å². The first-order valence-corrected chi connectivity index (χ1v) is 9.94. The Morgan fingerprint density at radius 2 is 1.89 bits per heavy atom. The number of nitrogens with one attached hydrogen (secondary N) is 1. The van der Waals surface area contributed by atoms with E-state index in [-0.39, 0.29) is 22.9 Å². The molecule has 1 saturated carbocycles. The molecule has 1 atom stereocenters. The van der Waals surface area contributed by atoms with Crippen LogP contribution in [0.15, 0.2) is 26.1 Å². The van der Waals surface area contributed by atoms with E-state index in [2.05, 4.69) is 9.97 Å². The van der Waals surface area contributed by atoms with E-state index in [4.69, 9.17) is 4.42 Å². The number of carbonyl (C=O) groups is 1. The molecule has 2 fully saturated rings. The van der Waals surface area contributed by atoms with Gasteiger partial charge in [0.05, 0.1) is 5.69 Å². The standard InChI is InChI=1S/C21H25N3O4/c1-12-9-17(14-5-3-6-14)28-21(27)19(12)20(26)24-8-4-7-15(11-24)16-10-18(25)23-13(2)22-16/h9-10,14-15H,3-8,11H2,1-2H3,(H,22,23,25). The van der Waals surface area contributed by atoms with E-state index in [1.165, 1.54) is 6.07 Å². The Balaban J connectivity index is 1.57. The maximum Gasteiger partial charge on any atom is 0.349 e. The van der Waals surface area contributed by atoms with Gasteiger partial charge in [0.1, 0.15) is 17.1 Å². The lowest BCUT2D eigenvalue weighted by molar-refractivity contribution is 0.0699. The van der Waals surface area contributed by atoms with Gasteiger partial charge in [0.15, 0.2) is 0 Å². The van der Waals surface area contributed by atoms with E-state index in [0.717, 1.165) is 32.1 Å². The molecule has 148 valence electrons. The van der Waals surface area contributed by atoms with Gasteiger partial charge < -0.3 is 14.3 Å². The van der Waals surface area contributed by atoms with Gasteiger partial charge in [-0.2, -0.15) is 0 Å². The fraction of sp³-hybridized carbons (Fsp3) is 0.524. The van der Waals surface area contributed by atoms with Gasteiger partial charge in [-0.05, 0) is 51.2 Å². The van der Waals surface area contributed by atoms with Crippen molar-refractivity contribution >= 4 is 5.91 Å². The minimum Gasteiger partial charge on any atom is -0.427 e. The van der Waals surface area contributed by atoms with Gasteiger partial charge in [0, 0.05) is 31.0 Å². The maximum atomic E-state index is 13.1. The number of hydrogen-bond acceptors (Lipinski definition) is 5. The Labute approximate surface area is 162 Å². The number of carbonyl (C=O) groups excluding carboxylic acids is 1. The zero-order chi connectivity index (χ0) is 19.8. The molecule has 2 aromatic heterocycles. The Morgan fingerprint density at radius 1 is 1.14 bits per heavy atom. The summed E-state index contributed by atoms with van der Waals surface area (Å²) in [4.78, 5) is 46.2. The molecule has 0 spiro atoms. The lowest BCUT2D eigenvalue weighted by atomic mass is 9.83. The summed E-state index contributed by atoms with van der Waals surface area (Å²) in [5.41, 5.74) is 0.769. The first-order chi connectivity index (χ1) is 13.4. The van der Waals surface area contributed by atoms with Gasteiger partial charge in [0.25, 0.3) is 11.5 Å². The minimum absolute atomic E-state index is 0.0136. The maximum absolute atomic E-state index is 13.1. The second kappa shape index (κ2) is 7.37. The number of amides is 1. The third kappa shape index (κ3) is 3.53. The van der Waals surface area contributed by atoms with Crippen LogP contribution >= 0.6 is 0 Å². The van der Waals surface area contributed by atoms with Gasteiger partial charge in [-0.25, -0.2) is 9.78 Å². The monoisotopic (exact) mass is 383 g/mol. The largest absolute Gasteiger partial charge is 0.427 e. The molecule has 4 rings (SSSR count). The zero-order valence-electron chi connectivity index (χ0n) is 16.3. The molecule has 1 aliphatic heterocycles. The molecule has 1 saturated heterocycles. The molecular weight excluding hydrogens is 358 g/mol. The molecule has 3 heterocycles. The molecule has 7 heteroatoms. The van der Waals surface area contributed by atoms with Crippen LogP contribution in [0, 0.1) is 13.8 Å². The van der Waals surface area contributed by atoms with Crippen molar-refractivity contribution in [2.75, 3.05) is 13.1 Å². The van der Waals surface area contributed by atoms with E-state index in [1.807, 2.05) is 6.07 Å². The normalized spacial score (nSPS) is 20.1. The van der Waals surface area contributed by atoms with Crippen LogP contribution in [0.5, 0.6) is 0 Å². The number of rotatable bonds is 3. The molecule has 7 nitrogen and oxygen atoms in total. The van der Waals surface area contributed by atoms with Crippen molar-refractivity contribution in [3.8, 4) is 0 Å². The molecule has 0 aromatic carbocycles. The van der Waals surface area contributed by atoms with E-state index < -0.39 is 5.63 Å². The summed E-state index contributed by atoms with van der Waals surface area (Å²) < 4.78 is 5.49. The molecule has 1 aliphatic carbocycles. The number of aryl methyl sites for hydroxylation is 2. The van der Waals surface area contributed by atoms with Gasteiger partial charge in [0.2, 0.25) is 0 Å². The third-order valence-electron chi connectivity index (χ3n) is 5.90. The van der Waals surface area contributed by atoms with Crippen LogP contribution in [0.25, 0.3) is 0 Å². The van der Waals surface area contributed by atoms with E-state index in [0.29, 0.717) is 41.8 Å². The summed E-state index contributed by atoms with van der Waals surface area (Å²) in [6.45, 7) is 4.57. The smallest absolute Gasteiger partial charge is 0.349 e. The molecule has 1 N–H and O–H groups in total. The quantitative estimate of drug-likeness (QED) is 0.879. The number of piperidine rings is 1. The molecule has 2 aromatic rings. The number of hydrogen-bond donors (Lipinski definition) is 1. The SMILES string of the molecule is Cc1nc(C2CCCN(C(=O)c3c(C)cc(C4CCC4)oc3=O)C2)cc(=O)[nH]1. The lowest BCUT2D eigenvalue weighted by Crippen LogP contribution is -2.41. The Morgan fingerprint density at radius 3 is 2.54 bits per heavy atom. The highest BCUT2D eigenvalue weighted by Gasteiger charge is 2.30. The predicted molar refractivity (Wildman–Crippen MR) is 104 cm³/mol. The summed E-state index contributed by atoms with van der Waals surface area (Å²) in [5, 5.41) is 0. The lowest BCUT2D eigenvalue weighted by Gasteiger charge is -2.32. The number of aromatic nitrogens is 2. The van der Waals surface area contributed by atoms with Gasteiger partial charge in [-0.1, -0.05) is 6.42 Å². The zero-order valence-corrected chi connectivity index (χ0v) is 16.3. The minimum atomic E-state index is -0.542. The Hall–Kier alpha value is -2.70. The average Bonchev–Trinajstić information content (AvgIpc) is 2.59. The van der Waals surface area contributed by atoms with E-state index in [1.54, 1.807) is 18.7 Å². The second-order valence-corrected chi connectivity index (χ2v) is 7.97. The molecule has 28 heavy (non-hydrogen) atoms. The van der Waals surface area contributed by atoms with Crippen LogP contribution in [0.4, 0.5) is 0 Å². The first-order valence-electron chi connectivity index (χ1n) is 9.94. The molecule has 1 unspecified atom stereocenters. The second-order valence-electron chi connectivity index (χ2n) is 7.97. The van der Waals surface area contributed by atoms with Crippen molar-refractivity contribution in [1.82, 2.24) is 14.9 Å². The number of aromatic amines is 1. The van der Waals surface area contributed by atoms with Gasteiger partial charge in [-0.3, -0.25) is 9.59 Å². The highest BCUT2D eigenvalue weighted by molar-refractivity contribution is 5.95. The van der Waals surface area contributed by atoms with Crippen LogP contribution < -0.4 is 11.2 Å². The number of H-pyrrole nitrogens is 1. The van der Waals surface area contributed by atoms with Crippen molar-refractivity contribution in [1.29, 1.82) is 0 Å².